The zero-order valence-corrected chi connectivity index (χ0v) is 8.00. The van der Waals surface area contributed by atoms with Gasteiger partial charge in [0.15, 0.2) is 0 Å². The van der Waals surface area contributed by atoms with Gasteiger partial charge in [-0.15, -0.1) is 0 Å². The van der Waals surface area contributed by atoms with Crippen LogP contribution in [-0.2, 0) is 14.3 Å². The Kier molecular flexibility index (Phi) is 2.04. The Morgan fingerprint density at radius 3 is 2.92 bits per heavy atom. The van der Waals surface area contributed by atoms with E-state index in [1.54, 1.807) is 7.11 Å². The summed E-state index contributed by atoms with van der Waals surface area (Å²) in [5, 5.41) is 3.29. The number of esters is 1. The van der Waals surface area contributed by atoms with Crippen molar-refractivity contribution in [2.24, 2.45) is 11.3 Å². The van der Waals surface area contributed by atoms with Crippen LogP contribution in [0.5, 0.6) is 0 Å². The Balaban J connectivity index is 2.09. The van der Waals surface area contributed by atoms with Crippen LogP contribution in [0.4, 0.5) is 0 Å². The van der Waals surface area contributed by atoms with Crippen molar-refractivity contribution in [2.45, 2.75) is 12.5 Å². The van der Waals surface area contributed by atoms with Gasteiger partial charge in [0.1, 0.15) is 0 Å². The Bertz CT molecular complexity index is 231. The topological polar surface area (TPSA) is 47.6 Å². The molecule has 0 amide bonds. The number of methoxy groups -OCH3 is 2. The second-order valence-electron chi connectivity index (χ2n) is 3.85. The van der Waals surface area contributed by atoms with E-state index < -0.39 is 0 Å². The van der Waals surface area contributed by atoms with Crippen LogP contribution in [0.3, 0.4) is 0 Å². The molecule has 1 heterocycles. The molecule has 0 radical (unpaired) electrons. The maximum absolute atomic E-state index is 11.5. The van der Waals surface area contributed by atoms with E-state index in [1.807, 2.05) is 0 Å². The fourth-order valence-electron chi connectivity index (χ4n) is 2.45. The van der Waals surface area contributed by atoms with Crippen LogP contribution in [0.1, 0.15) is 6.42 Å². The second kappa shape index (κ2) is 2.96. The number of carbonyl (C=O) groups is 1. The minimum absolute atomic E-state index is 0.0791. The average Bonchev–Trinajstić information content (AvgIpc) is 2.79. The third kappa shape index (κ3) is 1.09. The fraction of sp³-hybridized carbons (Fsp3) is 0.889. The maximum atomic E-state index is 11.5. The smallest absolute Gasteiger partial charge is 0.313 e. The van der Waals surface area contributed by atoms with E-state index in [0.717, 1.165) is 13.0 Å². The van der Waals surface area contributed by atoms with Crippen LogP contribution in [-0.4, -0.2) is 39.4 Å². The first-order chi connectivity index (χ1) is 6.25. The minimum atomic E-state index is -0.259. The minimum Gasteiger partial charge on any atom is -0.469 e. The fourth-order valence-corrected chi connectivity index (χ4v) is 2.45. The third-order valence-corrected chi connectivity index (χ3v) is 3.28. The molecule has 2 fully saturated rings. The lowest BCUT2D eigenvalue weighted by molar-refractivity contribution is -0.148. The zero-order valence-electron chi connectivity index (χ0n) is 8.00. The normalized spacial score (nSPS) is 41.4. The molecule has 1 N–H and O–H groups in total. The summed E-state index contributed by atoms with van der Waals surface area (Å²) in [5.74, 6) is 0.393. The number of fused-ring (bicyclic) bond motifs is 1. The van der Waals surface area contributed by atoms with Crippen LogP contribution in [0.15, 0.2) is 0 Å². The molecule has 13 heavy (non-hydrogen) atoms. The quantitative estimate of drug-likeness (QED) is 0.618. The van der Waals surface area contributed by atoms with Gasteiger partial charge >= 0.3 is 5.97 Å². The van der Waals surface area contributed by atoms with E-state index >= 15 is 0 Å². The molecule has 1 saturated heterocycles. The van der Waals surface area contributed by atoms with E-state index in [4.69, 9.17) is 9.47 Å². The predicted octanol–water partition coefficient (Wildman–Crippen LogP) is -0.216. The Morgan fingerprint density at radius 2 is 2.38 bits per heavy atom. The lowest BCUT2D eigenvalue weighted by atomic mass is 9.97. The number of ether oxygens (including phenoxy) is 2. The highest BCUT2D eigenvalue weighted by Gasteiger charge is 2.68. The Morgan fingerprint density at radius 1 is 1.62 bits per heavy atom. The molecule has 4 nitrogen and oxygen atoms in total. The van der Waals surface area contributed by atoms with Gasteiger partial charge in [0.2, 0.25) is 0 Å². The van der Waals surface area contributed by atoms with Gasteiger partial charge in [0.25, 0.3) is 0 Å². The molecule has 1 unspecified atom stereocenters. The highest BCUT2D eigenvalue weighted by atomic mass is 16.5. The van der Waals surface area contributed by atoms with Crippen LogP contribution >= 0.6 is 0 Å². The summed E-state index contributed by atoms with van der Waals surface area (Å²) in [6.07, 6.45) is 0.959. The number of hydrogen-bond acceptors (Lipinski definition) is 4. The van der Waals surface area contributed by atoms with Crippen molar-refractivity contribution >= 4 is 5.97 Å². The highest BCUT2D eigenvalue weighted by Crippen LogP contribution is 2.59. The number of piperidine rings is 1. The van der Waals surface area contributed by atoms with Crippen LogP contribution < -0.4 is 5.32 Å². The molecule has 0 spiro atoms. The molecular weight excluding hydrogens is 170 g/mol. The van der Waals surface area contributed by atoms with Gasteiger partial charge in [-0.1, -0.05) is 0 Å². The summed E-state index contributed by atoms with van der Waals surface area (Å²) in [5.41, 5.74) is -0.259. The van der Waals surface area contributed by atoms with Crippen molar-refractivity contribution in [3.63, 3.8) is 0 Å². The molecule has 3 atom stereocenters. The lowest BCUT2D eigenvalue weighted by Crippen LogP contribution is -2.40. The summed E-state index contributed by atoms with van der Waals surface area (Å²) in [7, 11) is 3.11. The molecule has 1 aliphatic carbocycles. The predicted molar refractivity (Wildman–Crippen MR) is 46.2 cm³/mol. The van der Waals surface area contributed by atoms with Crippen LogP contribution in [0.2, 0.25) is 0 Å². The standard InChI is InChI=1S/C9H15NO3/c1-12-5-7-9(8(11)13-2)3-6(9)4-10-7/h6-7,10H,3-5H2,1-2H3/t6-,7?,9+/m0/s1. The van der Waals surface area contributed by atoms with Crippen LogP contribution in [0, 0.1) is 11.3 Å². The SMILES string of the molecule is COCC1NC[C@@H]2C[C@]12C(=O)OC. The average molecular weight is 185 g/mol. The molecule has 4 heteroatoms. The van der Waals surface area contributed by atoms with Crippen molar-refractivity contribution in [1.29, 1.82) is 0 Å². The summed E-state index contributed by atoms with van der Waals surface area (Å²) >= 11 is 0. The largest absolute Gasteiger partial charge is 0.469 e. The summed E-state index contributed by atoms with van der Waals surface area (Å²) in [6.45, 7) is 1.51. The summed E-state index contributed by atoms with van der Waals surface area (Å²) in [6, 6.07) is 0.148. The van der Waals surface area contributed by atoms with Gasteiger partial charge in [-0.3, -0.25) is 4.79 Å². The first kappa shape index (κ1) is 8.97. The molecular formula is C9H15NO3. The van der Waals surface area contributed by atoms with Crippen molar-refractivity contribution in [3.05, 3.63) is 0 Å². The number of hydrogen-bond donors (Lipinski definition) is 1. The number of nitrogens with one attached hydrogen (secondary N) is 1. The van der Waals surface area contributed by atoms with Gasteiger partial charge in [0, 0.05) is 13.2 Å². The molecule has 1 saturated carbocycles. The van der Waals surface area contributed by atoms with E-state index in [9.17, 15) is 4.79 Å². The summed E-state index contributed by atoms with van der Waals surface area (Å²) in [4.78, 5) is 11.5. The lowest BCUT2D eigenvalue weighted by Gasteiger charge is -2.20. The molecule has 1 aliphatic heterocycles. The van der Waals surface area contributed by atoms with Gasteiger partial charge in [-0.05, 0) is 18.9 Å². The monoisotopic (exact) mass is 185 g/mol. The van der Waals surface area contributed by atoms with E-state index in [0.29, 0.717) is 12.5 Å². The van der Waals surface area contributed by atoms with Crippen molar-refractivity contribution in [3.8, 4) is 0 Å². The molecule has 0 aromatic heterocycles. The van der Waals surface area contributed by atoms with E-state index in [1.165, 1.54) is 7.11 Å². The number of rotatable bonds is 3. The maximum Gasteiger partial charge on any atom is 0.313 e. The molecule has 2 rings (SSSR count). The van der Waals surface area contributed by atoms with Gasteiger partial charge in [0.05, 0.1) is 19.1 Å². The molecule has 0 bridgehead atoms. The molecule has 0 aromatic carbocycles. The second-order valence-corrected chi connectivity index (χ2v) is 3.85. The first-order valence-electron chi connectivity index (χ1n) is 4.56. The van der Waals surface area contributed by atoms with Crippen molar-refractivity contribution in [1.82, 2.24) is 5.32 Å². The Hall–Kier alpha value is -0.610. The van der Waals surface area contributed by atoms with Gasteiger partial charge in [-0.25, -0.2) is 0 Å². The highest BCUT2D eigenvalue weighted by molar-refractivity contribution is 5.82. The summed E-state index contributed by atoms with van der Waals surface area (Å²) < 4.78 is 9.89. The van der Waals surface area contributed by atoms with E-state index in [2.05, 4.69) is 5.32 Å². The molecule has 0 aromatic rings. The van der Waals surface area contributed by atoms with Crippen LogP contribution in [0.25, 0.3) is 0 Å². The van der Waals surface area contributed by atoms with E-state index in [-0.39, 0.29) is 17.4 Å². The van der Waals surface area contributed by atoms with Gasteiger partial charge < -0.3 is 14.8 Å². The van der Waals surface area contributed by atoms with Gasteiger partial charge in [-0.2, -0.15) is 0 Å². The third-order valence-electron chi connectivity index (χ3n) is 3.28. The first-order valence-corrected chi connectivity index (χ1v) is 4.56. The molecule has 2 aliphatic rings. The van der Waals surface area contributed by atoms with Crippen molar-refractivity contribution < 1.29 is 14.3 Å². The number of carbonyl (C=O) groups excluding carboxylic acids is 1. The van der Waals surface area contributed by atoms with Crippen molar-refractivity contribution in [2.75, 3.05) is 27.4 Å². The molecule has 74 valence electrons. The Labute approximate surface area is 77.6 Å². The zero-order chi connectivity index (χ0) is 9.47.